The van der Waals surface area contributed by atoms with Gasteiger partial charge in [-0.1, -0.05) is 48.0 Å². The minimum atomic E-state index is -3.87. The molecule has 2 amide bonds. The molecule has 0 rings (SSSR count). The van der Waals surface area contributed by atoms with Gasteiger partial charge in [0.05, 0.1) is 24.6 Å². The zero-order chi connectivity index (χ0) is 32.0. The lowest BCUT2D eigenvalue weighted by atomic mass is 10.0. The molecule has 0 aliphatic rings. The van der Waals surface area contributed by atoms with Crippen LogP contribution in [-0.4, -0.2) is 99.4 Å². The molecule has 0 radical (unpaired) electrons. The number of carbonyl (C=O) groups is 3. The maximum absolute atomic E-state index is 13.3. The van der Waals surface area contributed by atoms with Gasteiger partial charge in [0.1, 0.15) is 5.78 Å². The Balaban J connectivity index is 6.08. The summed E-state index contributed by atoms with van der Waals surface area (Å²) in [5.41, 5.74) is 5.59. The number of ketones is 1. The SMILES string of the molecule is CC(=O)CN(C[C@H](CC(C)C)NC(=O)CN(C[C@H](CCCCN)NC(C)=O)S(=O)(=O)CC(C)C)S(=O)(=O)CC(C)C. The van der Waals surface area contributed by atoms with Crippen molar-refractivity contribution in [3.8, 4) is 0 Å². The zero-order valence-corrected chi connectivity index (χ0v) is 27.9. The molecule has 4 N–H and O–H groups in total. The molecule has 0 aromatic carbocycles. The minimum absolute atomic E-state index is 0.0826. The van der Waals surface area contributed by atoms with Crippen LogP contribution in [0.5, 0.6) is 0 Å². The third kappa shape index (κ3) is 17.8. The number of carbonyl (C=O) groups excluding carboxylic acids is 3. The van der Waals surface area contributed by atoms with Crippen LogP contribution in [0, 0.1) is 17.8 Å². The van der Waals surface area contributed by atoms with E-state index in [0.717, 1.165) is 8.61 Å². The van der Waals surface area contributed by atoms with Gasteiger partial charge in [-0.05, 0) is 50.5 Å². The van der Waals surface area contributed by atoms with Gasteiger partial charge in [-0.25, -0.2) is 16.8 Å². The van der Waals surface area contributed by atoms with E-state index in [1.54, 1.807) is 27.7 Å². The first-order valence-corrected chi connectivity index (χ1v) is 17.7. The van der Waals surface area contributed by atoms with Gasteiger partial charge in [-0.2, -0.15) is 8.61 Å². The molecule has 2 atom stereocenters. The van der Waals surface area contributed by atoms with E-state index >= 15 is 0 Å². The van der Waals surface area contributed by atoms with Crippen molar-refractivity contribution in [1.82, 2.24) is 19.2 Å². The molecule has 41 heavy (non-hydrogen) atoms. The number of nitrogens with zero attached hydrogens (tertiary/aromatic N) is 2. The maximum atomic E-state index is 13.3. The number of nitrogens with one attached hydrogen (secondary N) is 2. The molecule has 0 saturated heterocycles. The molecule has 0 aliphatic carbocycles. The highest BCUT2D eigenvalue weighted by molar-refractivity contribution is 7.89. The fraction of sp³-hybridized carbons (Fsp3) is 0.889. The number of nitrogens with two attached hydrogens (primary N) is 1. The van der Waals surface area contributed by atoms with Crippen LogP contribution in [0.1, 0.15) is 81.1 Å². The Bertz CT molecular complexity index is 1030. The van der Waals surface area contributed by atoms with Crippen molar-refractivity contribution in [3.63, 3.8) is 0 Å². The van der Waals surface area contributed by atoms with Crippen LogP contribution in [0.3, 0.4) is 0 Å². The summed E-state index contributed by atoms with van der Waals surface area (Å²) in [6.07, 6.45) is 2.31. The van der Waals surface area contributed by atoms with Crippen molar-refractivity contribution in [2.75, 3.05) is 44.2 Å². The molecule has 0 saturated carbocycles. The van der Waals surface area contributed by atoms with Crippen LogP contribution < -0.4 is 16.4 Å². The highest BCUT2D eigenvalue weighted by Crippen LogP contribution is 2.15. The van der Waals surface area contributed by atoms with E-state index in [9.17, 15) is 31.2 Å². The summed E-state index contributed by atoms with van der Waals surface area (Å²) in [4.78, 5) is 37.1. The van der Waals surface area contributed by atoms with E-state index in [-0.39, 0.29) is 60.6 Å². The highest BCUT2D eigenvalue weighted by Gasteiger charge is 2.31. The summed E-state index contributed by atoms with van der Waals surface area (Å²) in [5.74, 6) is -1.80. The van der Waals surface area contributed by atoms with Crippen molar-refractivity contribution in [2.24, 2.45) is 23.5 Å². The first-order valence-electron chi connectivity index (χ1n) is 14.5. The van der Waals surface area contributed by atoms with Crippen LogP contribution in [0.25, 0.3) is 0 Å². The third-order valence-corrected chi connectivity index (χ3v) is 10.3. The van der Waals surface area contributed by atoms with Crippen LogP contribution in [-0.2, 0) is 34.4 Å². The molecule has 0 spiro atoms. The monoisotopic (exact) mass is 625 g/mol. The average Bonchev–Trinajstić information content (AvgIpc) is 2.75. The zero-order valence-electron chi connectivity index (χ0n) is 26.3. The molecular weight excluding hydrogens is 570 g/mol. The van der Waals surface area contributed by atoms with Crippen molar-refractivity contribution in [2.45, 2.75) is 93.2 Å². The Morgan fingerprint density at radius 2 is 1.20 bits per heavy atom. The summed E-state index contributed by atoms with van der Waals surface area (Å²) < 4.78 is 54.9. The molecule has 0 unspecified atom stereocenters. The Morgan fingerprint density at radius 3 is 1.61 bits per heavy atom. The summed E-state index contributed by atoms with van der Waals surface area (Å²) in [6.45, 7) is 13.1. The molecule has 0 bridgehead atoms. The average molecular weight is 626 g/mol. The summed E-state index contributed by atoms with van der Waals surface area (Å²) >= 11 is 0. The lowest BCUT2D eigenvalue weighted by Gasteiger charge is -2.31. The number of rotatable bonds is 22. The fourth-order valence-electron chi connectivity index (χ4n) is 4.56. The molecule has 0 fully saturated rings. The number of Topliss-reactive ketones (excluding diaryl/α,β-unsaturated/α-hetero) is 1. The summed E-state index contributed by atoms with van der Waals surface area (Å²) in [7, 11) is -7.64. The largest absolute Gasteiger partial charge is 0.352 e. The van der Waals surface area contributed by atoms with E-state index < -0.39 is 44.6 Å². The molecule has 0 heterocycles. The topological polar surface area (TPSA) is 176 Å². The number of hydrogen-bond acceptors (Lipinski definition) is 8. The van der Waals surface area contributed by atoms with E-state index in [1.165, 1.54) is 13.8 Å². The smallest absolute Gasteiger partial charge is 0.235 e. The van der Waals surface area contributed by atoms with Gasteiger partial charge in [0, 0.05) is 32.1 Å². The lowest BCUT2D eigenvalue weighted by molar-refractivity contribution is -0.122. The van der Waals surface area contributed by atoms with Crippen LogP contribution in [0.4, 0.5) is 0 Å². The fourth-order valence-corrected chi connectivity index (χ4v) is 8.17. The minimum Gasteiger partial charge on any atom is -0.352 e. The summed E-state index contributed by atoms with van der Waals surface area (Å²) in [5, 5.41) is 5.62. The van der Waals surface area contributed by atoms with E-state index in [1.807, 2.05) is 13.8 Å². The predicted octanol–water partition coefficient (Wildman–Crippen LogP) is 1.32. The standard InChI is InChI=1S/C27H55N5O7S2/c1-20(2)13-26(16-31(14-23(7)33)40(36,37)18-21(3)4)30-27(35)17-32(41(38,39)19-22(5)6)15-25(29-24(8)34)11-9-10-12-28/h20-22,25-26H,9-19,28H2,1-8H3,(H,29,34)(H,30,35)/t25-,26-/m0/s1. The number of sulfonamides is 2. The Kier molecular flexibility index (Phi) is 18.1. The lowest BCUT2D eigenvalue weighted by Crippen LogP contribution is -2.53. The van der Waals surface area contributed by atoms with Crippen molar-refractivity contribution in [3.05, 3.63) is 0 Å². The predicted molar refractivity (Wildman–Crippen MR) is 163 cm³/mol. The Labute approximate surface area is 248 Å². The number of hydrogen-bond donors (Lipinski definition) is 3. The quantitative estimate of drug-likeness (QED) is 0.151. The van der Waals surface area contributed by atoms with Crippen molar-refractivity contribution in [1.29, 1.82) is 0 Å². The Hall–Kier alpha value is -1.61. The van der Waals surface area contributed by atoms with Gasteiger partial charge in [0.25, 0.3) is 0 Å². The molecule has 12 nitrogen and oxygen atoms in total. The van der Waals surface area contributed by atoms with E-state index in [2.05, 4.69) is 10.6 Å². The molecule has 0 aromatic heterocycles. The van der Waals surface area contributed by atoms with Gasteiger partial charge in [-0.15, -0.1) is 0 Å². The second-order valence-electron chi connectivity index (χ2n) is 12.2. The van der Waals surface area contributed by atoms with Crippen LogP contribution in [0.2, 0.25) is 0 Å². The summed E-state index contributed by atoms with van der Waals surface area (Å²) in [6, 6.07) is -1.15. The van der Waals surface area contributed by atoms with Crippen LogP contribution >= 0.6 is 0 Å². The highest BCUT2D eigenvalue weighted by atomic mass is 32.2. The molecule has 0 aliphatic heterocycles. The molecule has 242 valence electrons. The molecular formula is C27H55N5O7S2. The number of unbranched alkanes of at least 4 members (excludes halogenated alkanes) is 1. The Morgan fingerprint density at radius 1 is 0.707 bits per heavy atom. The van der Waals surface area contributed by atoms with Gasteiger partial charge >= 0.3 is 0 Å². The normalized spacial score (nSPS) is 14.2. The maximum Gasteiger partial charge on any atom is 0.235 e. The van der Waals surface area contributed by atoms with Gasteiger partial charge in [0.2, 0.25) is 31.9 Å². The van der Waals surface area contributed by atoms with E-state index in [4.69, 9.17) is 5.73 Å². The second kappa shape index (κ2) is 18.8. The number of amides is 2. The third-order valence-electron chi connectivity index (χ3n) is 5.98. The van der Waals surface area contributed by atoms with Crippen LogP contribution in [0.15, 0.2) is 0 Å². The molecule has 14 heteroatoms. The van der Waals surface area contributed by atoms with E-state index in [0.29, 0.717) is 32.2 Å². The first kappa shape index (κ1) is 39.4. The van der Waals surface area contributed by atoms with Crippen molar-refractivity contribution >= 4 is 37.6 Å². The van der Waals surface area contributed by atoms with Gasteiger partial charge < -0.3 is 16.4 Å². The van der Waals surface area contributed by atoms with Crippen molar-refractivity contribution < 1.29 is 31.2 Å². The molecule has 0 aromatic rings. The first-order chi connectivity index (χ1) is 18.8. The van der Waals surface area contributed by atoms with Gasteiger partial charge in [0.15, 0.2) is 0 Å². The second-order valence-corrected chi connectivity index (χ2v) is 16.2. The van der Waals surface area contributed by atoms with Gasteiger partial charge in [-0.3, -0.25) is 14.4 Å².